The summed E-state index contributed by atoms with van der Waals surface area (Å²) in [7, 11) is -1.15. The molecule has 0 aliphatic carbocycles. The van der Waals surface area contributed by atoms with Crippen molar-refractivity contribution in [1.29, 1.82) is 0 Å². The van der Waals surface area contributed by atoms with Gasteiger partial charge < -0.3 is 4.57 Å². The third-order valence-corrected chi connectivity index (χ3v) is 9.24. The Morgan fingerprint density at radius 1 is 0.591 bits per heavy atom. The summed E-state index contributed by atoms with van der Waals surface area (Å²) >= 11 is 0. The third-order valence-electron chi connectivity index (χ3n) is 8.27. The molecule has 8 rings (SSSR count). The molecule has 210 valence electrons. The van der Waals surface area contributed by atoms with Crippen LogP contribution in [0.3, 0.4) is 0 Å². The average molecular weight is 586 g/mol. The Morgan fingerprint density at radius 3 is 1.89 bits per heavy atom. The predicted molar refractivity (Wildman–Crippen MR) is 183 cm³/mol. The van der Waals surface area contributed by atoms with E-state index in [0.717, 1.165) is 76.8 Å². The topological polar surface area (TPSA) is 47.8 Å². The van der Waals surface area contributed by atoms with E-state index in [2.05, 4.69) is 88.4 Å². The molecule has 0 fully saturated rings. The van der Waals surface area contributed by atoms with Gasteiger partial charge in [-0.3, -0.25) is 9.19 Å². The van der Waals surface area contributed by atoms with Crippen LogP contribution in [0, 0.1) is 0 Å². The van der Waals surface area contributed by atoms with E-state index in [1.807, 2.05) is 67.0 Å². The molecule has 1 unspecified atom stereocenters. The first-order valence-electron chi connectivity index (χ1n) is 14.5. The van der Waals surface area contributed by atoms with Crippen molar-refractivity contribution in [3.8, 4) is 39.3 Å². The molecule has 0 spiro atoms. The first kappa shape index (κ1) is 26.3. The Morgan fingerprint density at radius 2 is 1.20 bits per heavy atom. The van der Waals surface area contributed by atoms with Gasteiger partial charge in [0.1, 0.15) is 0 Å². The first-order valence-corrected chi connectivity index (χ1v) is 16.1. The van der Waals surface area contributed by atoms with Gasteiger partial charge in [0.2, 0.25) is 0 Å². The second-order valence-electron chi connectivity index (χ2n) is 10.9. The lowest BCUT2D eigenvalue weighted by molar-refractivity contribution is 0.687. The van der Waals surface area contributed by atoms with Gasteiger partial charge in [-0.25, -0.2) is 4.98 Å². The zero-order valence-electron chi connectivity index (χ0n) is 24.0. The quantitative estimate of drug-likeness (QED) is 0.202. The maximum absolute atomic E-state index is 12.9. The highest BCUT2D eigenvalue weighted by atomic mass is 32.2. The minimum absolute atomic E-state index is 0.822. The van der Waals surface area contributed by atoms with Gasteiger partial charge in [-0.1, -0.05) is 103 Å². The smallest absolute Gasteiger partial charge is 0.0730 e. The molecule has 3 heterocycles. The van der Waals surface area contributed by atoms with Crippen LogP contribution in [0.5, 0.6) is 0 Å². The molecule has 5 aromatic carbocycles. The van der Waals surface area contributed by atoms with Crippen molar-refractivity contribution in [2.45, 2.75) is 4.90 Å². The van der Waals surface area contributed by atoms with Gasteiger partial charge in [-0.05, 0) is 52.2 Å². The molecule has 0 aliphatic rings. The van der Waals surface area contributed by atoms with Crippen LogP contribution in [0.15, 0.2) is 151 Å². The van der Waals surface area contributed by atoms with Gasteiger partial charge in [0.15, 0.2) is 0 Å². The summed E-state index contributed by atoms with van der Waals surface area (Å²) in [4.78, 5) is 10.5. The van der Waals surface area contributed by atoms with E-state index < -0.39 is 10.8 Å². The average Bonchev–Trinajstić information content (AvgIpc) is 3.43. The standard InChI is InChI=1S/C39H27N3OS/c1-44(43)38-19-11-10-17-30(38)32-24-37-39(31-18-9-8-16-29(31)32)33-25-40-21-20-36(33)42(37)28-22-34(26-12-4-2-5-13-26)41-35(23-28)27-14-6-3-7-15-27/h2-25H,1H3. The minimum atomic E-state index is -1.15. The van der Waals surface area contributed by atoms with E-state index >= 15 is 0 Å². The van der Waals surface area contributed by atoms with Crippen molar-refractivity contribution in [1.82, 2.24) is 14.5 Å². The number of hydrogen-bond donors (Lipinski definition) is 0. The number of aromatic nitrogens is 3. The molecule has 0 radical (unpaired) electrons. The second kappa shape index (κ2) is 10.7. The summed E-state index contributed by atoms with van der Waals surface area (Å²) in [6.07, 6.45) is 5.57. The van der Waals surface area contributed by atoms with Crippen molar-refractivity contribution < 1.29 is 4.21 Å². The summed E-state index contributed by atoms with van der Waals surface area (Å²) in [6.45, 7) is 0. The lowest BCUT2D eigenvalue weighted by atomic mass is 9.95. The molecular weight excluding hydrogens is 559 g/mol. The molecule has 0 saturated heterocycles. The Labute approximate surface area is 257 Å². The minimum Gasteiger partial charge on any atom is -0.309 e. The molecule has 0 amide bonds. The number of nitrogens with zero attached hydrogens (tertiary/aromatic N) is 3. The largest absolute Gasteiger partial charge is 0.309 e. The van der Waals surface area contributed by atoms with Crippen molar-refractivity contribution in [2.75, 3.05) is 6.26 Å². The van der Waals surface area contributed by atoms with E-state index in [-0.39, 0.29) is 0 Å². The van der Waals surface area contributed by atoms with Crippen molar-refractivity contribution in [3.63, 3.8) is 0 Å². The Hall–Kier alpha value is -5.39. The SMILES string of the molecule is CS(=O)c1ccccc1-c1cc2c(c3ccccc13)c1cnccc1n2-c1cc(-c2ccccc2)nc(-c2ccccc2)c1. The maximum Gasteiger partial charge on any atom is 0.0730 e. The second-order valence-corrected chi connectivity index (χ2v) is 12.2. The van der Waals surface area contributed by atoms with Crippen molar-refractivity contribution >= 4 is 43.4 Å². The lowest BCUT2D eigenvalue weighted by Crippen LogP contribution is -1.99. The van der Waals surface area contributed by atoms with E-state index in [1.54, 1.807) is 6.26 Å². The highest BCUT2D eigenvalue weighted by Gasteiger charge is 2.20. The molecule has 0 saturated carbocycles. The van der Waals surface area contributed by atoms with Crippen LogP contribution in [0.1, 0.15) is 0 Å². The van der Waals surface area contributed by atoms with Crippen LogP contribution in [-0.4, -0.2) is 25.0 Å². The van der Waals surface area contributed by atoms with Gasteiger partial charge in [-0.2, -0.15) is 0 Å². The Kier molecular flexibility index (Phi) is 6.39. The molecule has 5 heteroatoms. The highest BCUT2D eigenvalue weighted by Crippen LogP contribution is 2.42. The maximum atomic E-state index is 12.9. The van der Waals surface area contributed by atoms with E-state index in [4.69, 9.17) is 4.98 Å². The van der Waals surface area contributed by atoms with Crippen LogP contribution in [0.4, 0.5) is 0 Å². The van der Waals surface area contributed by atoms with Crippen LogP contribution in [-0.2, 0) is 10.8 Å². The summed E-state index contributed by atoms with van der Waals surface area (Å²) in [5.74, 6) is 0. The van der Waals surface area contributed by atoms with Crippen molar-refractivity contribution in [2.24, 2.45) is 0 Å². The van der Waals surface area contributed by atoms with Gasteiger partial charge in [0.25, 0.3) is 0 Å². The van der Waals surface area contributed by atoms with E-state index in [1.165, 1.54) is 0 Å². The molecule has 0 aliphatic heterocycles. The fraction of sp³-hybridized carbons (Fsp3) is 0.0256. The summed E-state index contributed by atoms with van der Waals surface area (Å²) in [6, 6.07) is 45.8. The fourth-order valence-corrected chi connectivity index (χ4v) is 7.08. The number of rotatable bonds is 5. The fourth-order valence-electron chi connectivity index (χ4n) is 6.32. The Balaban J connectivity index is 1.52. The normalized spacial score (nSPS) is 12.2. The first-order chi connectivity index (χ1) is 21.7. The number of hydrogen-bond acceptors (Lipinski definition) is 3. The molecular formula is C39H27N3OS. The molecule has 1 atom stereocenters. The van der Waals surface area contributed by atoms with Gasteiger partial charge in [0, 0.05) is 45.4 Å². The number of benzene rings is 5. The molecule has 3 aromatic heterocycles. The summed E-state index contributed by atoms with van der Waals surface area (Å²) in [5, 5.41) is 4.47. The zero-order chi connectivity index (χ0) is 29.6. The summed E-state index contributed by atoms with van der Waals surface area (Å²) < 4.78 is 15.2. The summed E-state index contributed by atoms with van der Waals surface area (Å²) in [5.41, 5.74) is 9.08. The molecule has 0 bridgehead atoms. The van der Waals surface area contributed by atoms with Crippen LogP contribution in [0.25, 0.3) is 71.9 Å². The Bertz CT molecular complexity index is 2300. The van der Waals surface area contributed by atoms with E-state index in [9.17, 15) is 4.21 Å². The van der Waals surface area contributed by atoms with Crippen LogP contribution in [0.2, 0.25) is 0 Å². The monoisotopic (exact) mass is 585 g/mol. The lowest BCUT2D eigenvalue weighted by Gasteiger charge is -2.15. The number of pyridine rings is 2. The van der Waals surface area contributed by atoms with Crippen molar-refractivity contribution in [3.05, 3.63) is 146 Å². The third kappa shape index (κ3) is 4.32. The zero-order valence-corrected chi connectivity index (χ0v) is 24.8. The molecule has 44 heavy (non-hydrogen) atoms. The van der Waals surface area contributed by atoms with Gasteiger partial charge in [0.05, 0.1) is 38.9 Å². The molecule has 0 N–H and O–H groups in total. The number of fused-ring (bicyclic) bond motifs is 5. The van der Waals surface area contributed by atoms with Gasteiger partial charge in [-0.15, -0.1) is 0 Å². The van der Waals surface area contributed by atoms with E-state index in [0.29, 0.717) is 0 Å². The predicted octanol–water partition coefficient (Wildman–Crippen LogP) is 9.47. The highest BCUT2D eigenvalue weighted by molar-refractivity contribution is 7.84. The van der Waals surface area contributed by atoms with Crippen LogP contribution >= 0.6 is 0 Å². The molecule has 8 aromatic rings. The molecule has 4 nitrogen and oxygen atoms in total. The van der Waals surface area contributed by atoms with Gasteiger partial charge >= 0.3 is 0 Å². The van der Waals surface area contributed by atoms with Crippen LogP contribution < -0.4 is 0 Å².